The zero-order valence-corrected chi connectivity index (χ0v) is 16.8. The molecule has 1 aliphatic heterocycles. The van der Waals surface area contributed by atoms with Crippen LogP contribution in [0, 0.1) is 0 Å². The molecule has 30 heavy (non-hydrogen) atoms. The van der Waals surface area contributed by atoms with E-state index in [4.69, 9.17) is 14.4 Å². The van der Waals surface area contributed by atoms with E-state index < -0.39 is 0 Å². The van der Waals surface area contributed by atoms with Gasteiger partial charge in [-0.25, -0.2) is 9.97 Å². The second-order valence-corrected chi connectivity index (χ2v) is 7.80. The highest BCUT2D eigenvalue weighted by molar-refractivity contribution is 5.67. The molecular formula is C25H24N4O. The van der Waals surface area contributed by atoms with Gasteiger partial charge in [0.2, 0.25) is 0 Å². The maximum Gasteiger partial charge on any atom is 0.159 e. The fraction of sp³-hybridized carbons (Fsp3) is 0.240. The number of hydrogen-bond acceptors (Lipinski definition) is 5. The fourth-order valence-electron chi connectivity index (χ4n) is 4.25. The van der Waals surface area contributed by atoms with Crippen LogP contribution in [-0.2, 0) is 6.54 Å². The topological polar surface area (TPSA) is 55.1 Å². The lowest BCUT2D eigenvalue weighted by atomic mass is 9.89. The molecule has 1 aliphatic rings. The summed E-state index contributed by atoms with van der Waals surface area (Å²) in [6.45, 7) is 3.00. The molecule has 1 saturated heterocycles. The Kier molecular flexibility index (Phi) is 5.36. The molecule has 0 N–H and O–H groups in total. The van der Waals surface area contributed by atoms with Crippen LogP contribution in [0.15, 0.2) is 84.1 Å². The van der Waals surface area contributed by atoms with Gasteiger partial charge >= 0.3 is 0 Å². The molecule has 1 atom stereocenters. The van der Waals surface area contributed by atoms with Crippen LogP contribution in [0.4, 0.5) is 0 Å². The van der Waals surface area contributed by atoms with Crippen molar-refractivity contribution in [2.24, 2.45) is 0 Å². The molecular weight excluding hydrogens is 372 g/mol. The molecule has 3 aromatic heterocycles. The Morgan fingerprint density at radius 1 is 1.00 bits per heavy atom. The highest BCUT2D eigenvalue weighted by Crippen LogP contribution is 2.34. The Morgan fingerprint density at radius 2 is 1.87 bits per heavy atom. The Bertz CT molecular complexity index is 1080. The van der Waals surface area contributed by atoms with E-state index in [2.05, 4.69) is 34.1 Å². The lowest BCUT2D eigenvalue weighted by molar-refractivity contribution is 0.198. The van der Waals surface area contributed by atoms with Crippen molar-refractivity contribution >= 4 is 0 Å². The molecule has 4 aromatic rings. The smallest absolute Gasteiger partial charge is 0.159 e. The number of aromatic nitrogens is 3. The molecule has 0 aliphatic carbocycles. The molecule has 0 saturated carbocycles. The minimum absolute atomic E-state index is 0.365. The molecule has 4 heterocycles. The first-order chi connectivity index (χ1) is 14.9. The average Bonchev–Trinajstić information content (AvgIpc) is 3.33. The summed E-state index contributed by atoms with van der Waals surface area (Å²) in [5, 5.41) is 0. The zero-order chi connectivity index (χ0) is 20.2. The number of likely N-dealkylation sites (tertiary alicyclic amines) is 1. The van der Waals surface area contributed by atoms with Gasteiger partial charge in [0.15, 0.2) is 5.82 Å². The third-order valence-corrected chi connectivity index (χ3v) is 5.72. The quantitative estimate of drug-likeness (QED) is 0.465. The number of furan rings is 1. The van der Waals surface area contributed by atoms with Crippen molar-refractivity contribution < 1.29 is 4.42 Å². The van der Waals surface area contributed by atoms with Crippen molar-refractivity contribution in [1.29, 1.82) is 0 Å². The Labute approximate surface area is 176 Å². The van der Waals surface area contributed by atoms with Crippen molar-refractivity contribution in [3.05, 3.63) is 90.9 Å². The Morgan fingerprint density at radius 3 is 2.67 bits per heavy atom. The third kappa shape index (κ3) is 4.02. The molecule has 0 radical (unpaired) electrons. The monoisotopic (exact) mass is 396 g/mol. The van der Waals surface area contributed by atoms with Crippen LogP contribution in [-0.4, -0.2) is 32.9 Å². The normalized spacial score (nSPS) is 17.1. The van der Waals surface area contributed by atoms with Crippen LogP contribution in [0.3, 0.4) is 0 Å². The predicted octanol–water partition coefficient (Wildman–Crippen LogP) is 5.18. The number of piperidine rings is 1. The second-order valence-electron chi connectivity index (χ2n) is 7.80. The van der Waals surface area contributed by atoms with Crippen molar-refractivity contribution in [1.82, 2.24) is 19.9 Å². The molecule has 1 unspecified atom stereocenters. The first-order valence-corrected chi connectivity index (χ1v) is 10.4. The zero-order valence-electron chi connectivity index (χ0n) is 16.8. The SMILES string of the molecule is c1ccc(-c2cnc(-c3ccncc3)nc2C2CCCN(Cc3ccoc3)C2)cc1. The van der Waals surface area contributed by atoms with Gasteiger partial charge < -0.3 is 4.42 Å². The summed E-state index contributed by atoms with van der Waals surface area (Å²) in [6.07, 6.45) is 11.4. The van der Waals surface area contributed by atoms with E-state index in [1.165, 1.54) is 11.1 Å². The number of benzene rings is 1. The molecule has 1 aromatic carbocycles. The van der Waals surface area contributed by atoms with E-state index in [1.54, 1.807) is 18.7 Å². The maximum absolute atomic E-state index is 5.26. The summed E-state index contributed by atoms with van der Waals surface area (Å²) in [5.74, 6) is 1.13. The van der Waals surface area contributed by atoms with Gasteiger partial charge in [-0.2, -0.15) is 0 Å². The van der Waals surface area contributed by atoms with Crippen LogP contribution in [0.5, 0.6) is 0 Å². The van der Waals surface area contributed by atoms with Crippen molar-refractivity contribution in [3.63, 3.8) is 0 Å². The second kappa shape index (κ2) is 8.59. The lowest BCUT2D eigenvalue weighted by Gasteiger charge is -2.33. The Balaban J connectivity index is 1.51. The van der Waals surface area contributed by atoms with Gasteiger partial charge in [0.25, 0.3) is 0 Å². The summed E-state index contributed by atoms with van der Waals surface area (Å²) < 4.78 is 5.26. The minimum Gasteiger partial charge on any atom is -0.472 e. The summed E-state index contributed by atoms with van der Waals surface area (Å²) in [6, 6.07) is 16.4. The van der Waals surface area contributed by atoms with Crippen LogP contribution in [0.25, 0.3) is 22.5 Å². The number of pyridine rings is 1. The van der Waals surface area contributed by atoms with Gasteiger partial charge in [-0.3, -0.25) is 9.88 Å². The van der Waals surface area contributed by atoms with Crippen LogP contribution >= 0.6 is 0 Å². The van der Waals surface area contributed by atoms with E-state index in [-0.39, 0.29) is 0 Å². The van der Waals surface area contributed by atoms with Gasteiger partial charge in [0, 0.05) is 54.3 Å². The number of hydrogen-bond donors (Lipinski definition) is 0. The molecule has 0 amide bonds. The lowest BCUT2D eigenvalue weighted by Crippen LogP contribution is -2.34. The molecule has 150 valence electrons. The molecule has 5 nitrogen and oxygen atoms in total. The van der Waals surface area contributed by atoms with E-state index in [0.29, 0.717) is 5.92 Å². The van der Waals surface area contributed by atoms with Gasteiger partial charge in [-0.1, -0.05) is 30.3 Å². The van der Waals surface area contributed by atoms with E-state index in [9.17, 15) is 0 Å². The van der Waals surface area contributed by atoms with E-state index >= 15 is 0 Å². The summed E-state index contributed by atoms with van der Waals surface area (Å²) >= 11 is 0. The first kappa shape index (κ1) is 18.7. The fourth-order valence-corrected chi connectivity index (χ4v) is 4.25. The van der Waals surface area contributed by atoms with Crippen molar-refractivity contribution in [2.75, 3.05) is 13.1 Å². The van der Waals surface area contributed by atoms with Crippen LogP contribution in [0.2, 0.25) is 0 Å². The summed E-state index contributed by atoms with van der Waals surface area (Å²) in [4.78, 5) is 16.4. The largest absolute Gasteiger partial charge is 0.472 e. The summed E-state index contributed by atoms with van der Waals surface area (Å²) in [5.41, 5.74) is 5.65. The first-order valence-electron chi connectivity index (χ1n) is 10.4. The van der Waals surface area contributed by atoms with Crippen molar-refractivity contribution in [2.45, 2.75) is 25.3 Å². The summed E-state index contributed by atoms with van der Waals surface area (Å²) in [7, 11) is 0. The molecule has 0 bridgehead atoms. The highest BCUT2D eigenvalue weighted by atomic mass is 16.3. The highest BCUT2D eigenvalue weighted by Gasteiger charge is 2.26. The molecule has 5 heteroatoms. The number of rotatable bonds is 5. The minimum atomic E-state index is 0.365. The molecule has 1 fully saturated rings. The predicted molar refractivity (Wildman–Crippen MR) is 117 cm³/mol. The van der Waals surface area contributed by atoms with Gasteiger partial charge in [-0.15, -0.1) is 0 Å². The van der Waals surface area contributed by atoms with Crippen molar-refractivity contribution in [3.8, 4) is 22.5 Å². The van der Waals surface area contributed by atoms with Crippen LogP contribution < -0.4 is 0 Å². The molecule has 5 rings (SSSR count). The maximum atomic E-state index is 5.26. The van der Waals surface area contributed by atoms with Crippen LogP contribution in [0.1, 0.15) is 30.0 Å². The van der Waals surface area contributed by atoms with Gasteiger partial charge in [0.05, 0.1) is 18.2 Å². The van der Waals surface area contributed by atoms with E-state index in [1.807, 2.05) is 36.7 Å². The van der Waals surface area contributed by atoms with E-state index in [0.717, 1.165) is 55.1 Å². The standard InChI is InChI=1S/C25H24N4O/c1-2-5-20(6-3-1)23-15-27-25(21-8-11-26-12-9-21)28-24(23)22-7-4-13-29(17-22)16-19-10-14-30-18-19/h1-3,5-6,8-12,14-15,18,22H,4,7,13,16-17H2. The van der Waals surface area contributed by atoms with Gasteiger partial charge in [0.1, 0.15) is 0 Å². The average molecular weight is 396 g/mol. The third-order valence-electron chi connectivity index (χ3n) is 5.72. The Hall–Kier alpha value is -3.31. The molecule has 0 spiro atoms. The number of nitrogens with zero attached hydrogens (tertiary/aromatic N) is 4. The van der Waals surface area contributed by atoms with Gasteiger partial charge in [-0.05, 0) is 43.1 Å².